The second-order valence-electron chi connectivity index (χ2n) is 8.71. The van der Waals surface area contributed by atoms with Gasteiger partial charge in [0.1, 0.15) is 5.75 Å². The van der Waals surface area contributed by atoms with Crippen LogP contribution in [-0.2, 0) is 22.6 Å². The van der Waals surface area contributed by atoms with Crippen molar-refractivity contribution < 1.29 is 23.8 Å². The third-order valence-corrected chi connectivity index (χ3v) is 6.66. The molecule has 0 bridgehead atoms. The van der Waals surface area contributed by atoms with Gasteiger partial charge in [-0.2, -0.15) is 0 Å². The molecular weight excluding hydrogens is 434 g/mol. The Morgan fingerprint density at radius 3 is 2.50 bits per heavy atom. The van der Waals surface area contributed by atoms with Crippen LogP contribution in [0.1, 0.15) is 30.4 Å². The number of amides is 2. The van der Waals surface area contributed by atoms with Gasteiger partial charge in [-0.25, -0.2) is 0 Å². The van der Waals surface area contributed by atoms with Gasteiger partial charge < -0.3 is 24.4 Å². The van der Waals surface area contributed by atoms with Crippen LogP contribution in [0.15, 0.2) is 36.4 Å². The molecule has 0 radical (unpaired) electrons. The average Bonchev–Trinajstić information content (AvgIpc) is 3.34. The summed E-state index contributed by atoms with van der Waals surface area (Å²) in [5.41, 5.74) is 3.00. The highest BCUT2D eigenvalue weighted by molar-refractivity contribution is 5.91. The predicted molar refractivity (Wildman–Crippen MR) is 130 cm³/mol. The molecule has 34 heavy (non-hydrogen) atoms. The smallest absolute Gasteiger partial charge is 0.240 e. The highest BCUT2D eigenvalue weighted by atomic mass is 16.5. The van der Waals surface area contributed by atoms with Crippen molar-refractivity contribution >= 4 is 17.5 Å². The molecule has 2 aromatic carbocycles. The van der Waals surface area contributed by atoms with Crippen LogP contribution in [-0.4, -0.2) is 68.6 Å². The van der Waals surface area contributed by atoms with E-state index in [1.54, 1.807) is 27.4 Å². The zero-order valence-corrected chi connectivity index (χ0v) is 20.1. The Morgan fingerprint density at radius 2 is 1.76 bits per heavy atom. The normalized spacial score (nSPS) is 17.7. The number of fused-ring (bicyclic) bond motifs is 1. The fourth-order valence-electron chi connectivity index (χ4n) is 4.82. The summed E-state index contributed by atoms with van der Waals surface area (Å²) in [6, 6.07) is 11.1. The standard InChI is InChI=1S/C26H33N3O5/c1-32-21-7-4-6-20(16-21)27-25(30)10-13-28-11-5-8-22(28)26(31)29-12-9-18-14-23(33-2)24(34-3)15-19(18)17-29/h4,6-7,14-16,22H,5,8-13,17H2,1-3H3,(H,27,30)/t22-/m0/s1. The van der Waals surface area contributed by atoms with Gasteiger partial charge in [-0.3, -0.25) is 14.5 Å². The zero-order chi connectivity index (χ0) is 24.1. The monoisotopic (exact) mass is 467 g/mol. The van der Waals surface area contributed by atoms with E-state index in [0.717, 1.165) is 37.1 Å². The van der Waals surface area contributed by atoms with Gasteiger partial charge in [0.2, 0.25) is 11.8 Å². The molecule has 8 heteroatoms. The Bertz CT molecular complexity index is 1040. The quantitative estimate of drug-likeness (QED) is 0.643. The van der Waals surface area contributed by atoms with Gasteiger partial charge in [0.25, 0.3) is 0 Å². The highest BCUT2D eigenvalue weighted by Gasteiger charge is 2.35. The average molecular weight is 468 g/mol. The first kappa shape index (κ1) is 23.9. The van der Waals surface area contributed by atoms with E-state index < -0.39 is 0 Å². The molecular formula is C26H33N3O5. The Kier molecular flexibility index (Phi) is 7.57. The van der Waals surface area contributed by atoms with Gasteiger partial charge in [-0.15, -0.1) is 0 Å². The maximum atomic E-state index is 13.4. The third-order valence-electron chi connectivity index (χ3n) is 6.66. The minimum absolute atomic E-state index is 0.0701. The molecule has 0 spiro atoms. The van der Waals surface area contributed by atoms with Crippen LogP contribution in [0.25, 0.3) is 0 Å². The summed E-state index contributed by atoms with van der Waals surface area (Å²) in [6.07, 6.45) is 2.91. The third kappa shape index (κ3) is 5.28. The lowest BCUT2D eigenvalue weighted by Gasteiger charge is -2.34. The van der Waals surface area contributed by atoms with E-state index in [4.69, 9.17) is 14.2 Å². The first-order valence-corrected chi connectivity index (χ1v) is 11.7. The van der Waals surface area contributed by atoms with Crippen molar-refractivity contribution in [3.05, 3.63) is 47.5 Å². The molecule has 2 aliphatic rings. The second-order valence-corrected chi connectivity index (χ2v) is 8.71. The molecule has 0 unspecified atom stereocenters. The molecule has 0 saturated carbocycles. The number of anilines is 1. The van der Waals surface area contributed by atoms with E-state index >= 15 is 0 Å². The van der Waals surface area contributed by atoms with Crippen molar-refractivity contribution in [1.29, 1.82) is 0 Å². The molecule has 1 N–H and O–H groups in total. The van der Waals surface area contributed by atoms with Crippen molar-refractivity contribution in [2.75, 3.05) is 46.3 Å². The number of nitrogens with zero attached hydrogens (tertiary/aromatic N) is 2. The number of ether oxygens (including phenoxy) is 3. The summed E-state index contributed by atoms with van der Waals surface area (Å²) in [5.74, 6) is 2.17. The number of rotatable bonds is 8. The number of carbonyl (C=O) groups excluding carboxylic acids is 2. The summed E-state index contributed by atoms with van der Waals surface area (Å²) in [6.45, 7) is 2.64. The number of hydrogen-bond donors (Lipinski definition) is 1. The van der Waals surface area contributed by atoms with Crippen LogP contribution in [0.4, 0.5) is 5.69 Å². The molecule has 2 aliphatic heterocycles. The Hall–Kier alpha value is -3.26. The zero-order valence-electron chi connectivity index (χ0n) is 20.1. The lowest BCUT2D eigenvalue weighted by Crippen LogP contribution is -2.47. The summed E-state index contributed by atoms with van der Waals surface area (Å²) >= 11 is 0. The Morgan fingerprint density at radius 1 is 1.00 bits per heavy atom. The van der Waals surface area contributed by atoms with Crippen LogP contribution in [0.3, 0.4) is 0 Å². The van der Waals surface area contributed by atoms with E-state index in [0.29, 0.717) is 43.2 Å². The first-order chi connectivity index (χ1) is 16.5. The summed E-state index contributed by atoms with van der Waals surface area (Å²) in [7, 11) is 4.85. The van der Waals surface area contributed by atoms with Crippen molar-refractivity contribution in [2.45, 2.75) is 38.3 Å². The first-order valence-electron chi connectivity index (χ1n) is 11.7. The van der Waals surface area contributed by atoms with Gasteiger partial charge >= 0.3 is 0 Å². The van der Waals surface area contributed by atoms with E-state index in [-0.39, 0.29) is 17.9 Å². The van der Waals surface area contributed by atoms with E-state index in [2.05, 4.69) is 10.2 Å². The van der Waals surface area contributed by atoms with E-state index in [9.17, 15) is 9.59 Å². The van der Waals surface area contributed by atoms with Gasteiger partial charge in [0.15, 0.2) is 11.5 Å². The van der Waals surface area contributed by atoms with Crippen LogP contribution < -0.4 is 19.5 Å². The van der Waals surface area contributed by atoms with Crippen LogP contribution in [0.2, 0.25) is 0 Å². The van der Waals surface area contributed by atoms with Crippen LogP contribution in [0.5, 0.6) is 17.2 Å². The highest BCUT2D eigenvalue weighted by Crippen LogP contribution is 2.34. The van der Waals surface area contributed by atoms with Crippen molar-refractivity contribution in [2.24, 2.45) is 0 Å². The SMILES string of the molecule is COc1cccc(NC(=O)CCN2CCC[C@H]2C(=O)N2CCc3cc(OC)c(OC)cc3C2)c1. The molecule has 1 saturated heterocycles. The fraction of sp³-hybridized carbons (Fsp3) is 0.462. The minimum atomic E-state index is -0.175. The van der Waals surface area contributed by atoms with Crippen LogP contribution >= 0.6 is 0 Å². The molecule has 8 nitrogen and oxygen atoms in total. The van der Waals surface area contributed by atoms with Gasteiger partial charge in [0.05, 0.1) is 27.4 Å². The molecule has 1 fully saturated rings. The van der Waals surface area contributed by atoms with Crippen LogP contribution in [0, 0.1) is 0 Å². The number of benzene rings is 2. The lowest BCUT2D eigenvalue weighted by molar-refractivity contribution is -0.137. The Labute approximate surface area is 200 Å². The van der Waals surface area contributed by atoms with Gasteiger partial charge in [0, 0.05) is 37.8 Å². The molecule has 2 heterocycles. The molecule has 4 rings (SSSR count). The fourth-order valence-corrected chi connectivity index (χ4v) is 4.82. The van der Waals surface area contributed by atoms with Crippen molar-refractivity contribution in [3.8, 4) is 17.2 Å². The maximum absolute atomic E-state index is 13.4. The molecule has 0 aromatic heterocycles. The largest absolute Gasteiger partial charge is 0.497 e. The number of hydrogen-bond acceptors (Lipinski definition) is 6. The maximum Gasteiger partial charge on any atom is 0.240 e. The summed E-state index contributed by atoms with van der Waals surface area (Å²) < 4.78 is 16.1. The number of carbonyl (C=O) groups is 2. The predicted octanol–water partition coefficient (Wildman–Crippen LogP) is 3.09. The molecule has 2 aromatic rings. The van der Waals surface area contributed by atoms with E-state index in [1.165, 1.54) is 5.56 Å². The molecule has 0 aliphatic carbocycles. The van der Waals surface area contributed by atoms with Gasteiger partial charge in [-0.1, -0.05) is 6.07 Å². The summed E-state index contributed by atoms with van der Waals surface area (Å²) in [5, 5.41) is 2.92. The Balaban J connectivity index is 1.35. The lowest BCUT2D eigenvalue weighted by atomic mass is 9.98. The molecule has 182 valence electrons. The van der Waals surface area contributed by atoms with E-state index in [1.807, 2.05) is 35.2 Å². The number of likely N-dealkylation sites (tertiary alicyclic amines) is 1. The number of nitrogens with one attached hydrogen (secondary N) is 1. The molecule has 1 atom stereocenters. The van der Waals surface area contributed by atoms with Crippen molar-refractivity contribution in [1.82, 2.24) is 9.80 Å². The minimum Gasteiger partial charge on any atom is -0.497 e. The number of methoxy groups -OCH3 is 3. The van der Waals surface area contributed by atoms with Crippen molar-refractivity contribution in [3.63, 3.8) is 0 Å². The second kappa shape index (κ2) is 10.8. The summed E-state index contributed by atoms with van der Waals surface area (Å²) in [4.78, 5) is 30.0. The molecule has 2 amide bonds. The van der Waals surface area contributed by atoms with Gasteiger partial charge in [-0.05, 0) is 61.2 Å². The topological polar surface area (TPSA) is 80.3 Å².